The standard InChI is InChI=1S/C17H22N6O3S/c1-11-14-7-13(9-18-17(14)23(3)20-11)27(24,25)21-15-5-4-6-26-16(15)12-8-19-22(2)10-12/h7-10,15-16,21H,4-6H2,1-3H3/t15-,16+/m0/s1. The molecule has 3 aromatic heterocycles. The Kier molecular flexibility index (Phi) is 4.49. The predicted octanol–water partition coefficient (Wildman–Crippen LogP) is 1.21. The lowest BCUT2D eigenvalue weighted by molar-refractivity contribution is -0.00446. The minimum absolute atomic E-state index is 0.126. The number of sulfonamides is 1. The van der Waals surface area contributed by atoms with Crippen LogP contribution >= 0.6 is 0 Å². The number of ether oxygens (including phenoxy) is 1. The van der Waals surface area contributed by atoms with E-state index in [1.165, 1.54) is 6.20 Å². The fraction of sp³-hybridized carbons (Fsp3) is 0.471. The second kappa shape index (κ2) is 6.70. The van der Waals surface area contributed by atoms with Crippen molar-refractivity contribution in [1.29, 1.82) is 0 Å². The summed E-state index contributed by atoms with van der Waals surface area (Å²) in [6, 6.07) is 1.26. The molecule has 0 saturated carbocycles. The van der Waals surface area contributed by atoms with Gasteiger partial charge in [0.1, 0.15) is 11.0 Å². The molecule has 0 amide bonds. The third-order valence-electron chi connectivity index (χ3n) is 4.83. The van der Waals surface area contributed by atoms with Crippen LogP contribution < -0.4 is 4.72 Å². The maximum atomic E-state index is 13.0. The van der Waals surface area contributed by atoms with Gasteiger partial charge in [0.25, 0.3) is 0 Å². The molecule has 0 aromatic carbocycles. The van der Waals surface area contributed by atoms with E-state index in [0.717, 1.165) is 23.1 Å². The van der Waals surface area contributed by atoms with Gasteiger partial charge in [-0.3, -0.25) is 9.36 Å². The van der Waals surface area contributed by atoms with E-state index < -0.39 is 10.0 Å². The Bertz CT molecular complexity index is 1090. The summed E-state index contributed by atoms with van der Waals surface area (Å²) in [5, 5.41) is 9.19. The quantitative estimate of drug-likeness (QED) is 0.718. The molecule has 1 aliphatic rings. The van der Waals surface area contributed by atoms with Gasteiger partial charge in [-0.1, -0.05) is 0 Å². The molecule has 3 aromatic rings. The van der Waals surface area contributed by atoms with Gasteiger partial charge in [-0.2, -0.15) is 10.2 Å². The summed E-state index contributed by atoms with van der Waals surface area (Å²) >= 11 is 0. The van der Waals surface area contributed by atoms with Crippen LogP contribution in [0.2, 0.25) is 0 Å². The average molecular weight is 390 g/mol. The first-order valence-electron chi connectivity index (χ1n) is 8.77. The average Bonchev–Trinajstić information content (AvgIpc) is 3.18. The highest BCUT2D eigenvalue weighted by Crippen LogP contribution is 2.29. The monoisotopic (exact) mass is 390 g/mol. The maximum absolute atomic E-state index is 13.0. The first kappa shape index (κ1) is 18.1. The topological polar surface area (TPSA) is 104 Å². The van der Waals surface area contributed by atoms with Crippen LogP contribution in [0.3, 0.4) is 0 Å². The van der Waals surface area contributed by atoms with Crippen molar-refractivity contribution in [3.8, 4) is 0 Å². The van der Waals surface area contributed by atoms with E-state index in [1.807, 2.05) is 20.2 Å². The van der Waals surface area contributed by atoms with Gasteiger partial charge < -0.3 is 4.74 Å². The van der Waals surface area contributed by atoms with Gasteiger partial charge in [0.15, 0.2) is 5.65 Å². The smallest absolute Gasteiger partial charge is 0.242 e. The minimum atomic E-state index is -3.75. The van der Waals surface area contributed by atoms with Gasteiger partial charge >= 0.3 is 0 Å². The normalized spacial score (nSPS) is 21.0. The molecule has 4 rings (SSSR count). The van der Waals surface area contributed by atoms with Crippen molar-refractivity contribution in [1.82, 2.24) is 29.3 Å². The number of nitrogens with zero attached hydrogens (tertiary/aromatic N) is 5. The summed E-state index contributed by atoms with van der Waals surface area (Å²) in [6.45, 7) is 2.43. The van der Waals surface area contributed by atoms with Crippen LogP contribution in [0, 0.1) is 6.92 Å². The van der Waals surface area contributed by atoms with Crippen LogP contribution in [-0.4, -0.2) is 45.6 Å². The lowest BCUT2D eigenvalue weighted by atomic mass is 9.99. The molecule has 2 atom stereocenters. The number of hydrogen-bond donors (Lipinski definition) is 1. The molecular formula is C17H22N6O3S. The predicted molar refractivity (Wildman–Crippen MR) is 98.5 cm³/mol. The van der Waals surface area contributed by atoms with Gasteiger partial charge in [-0.25, -0.2) is 18.1 Å². The molecule has 0 spiro atoms. The van der Waals surface area contributed by atoms with Crippen LogP contribution in [-0.2, 0) is 28.9 Å². The van der Waals surface area contributed by atoms with Crippen molar-refractivity contribution < 1.29 is 13.2 Å². The summed E-state index contributed by atoms with van der Waals surface area (Å²) in [7, 11) is -0.143. The molecule has 0 bridgehead atoms. The summed E-state index contributed by atoms with van der Waals surface area (Å²) in [5.74, 6) is 0. The number of aromatic nitrogens is 5. The number of aryl methyl sites for hydroxylation is 3. The van der Waals surface area contributed by atoms with Gasteiger partial charge in [-0.05, 0) is 25.8 Å². The molecule has 9 nitrogen and oxygen atoms in total. The molecule has 1 N–H and O–H groups in total. The number of rotatable bonds is 4. The third-order valence-corrected chi connectivity index (χ3v) is 6.29. The van der Waals surface area contributed by atoms with Crippen molar-refractivity contribution in [3.05, 3.63) is 35.9 Å². The highest BCUT2D eigenvalue weighted by atomic mass is 32.2. The molecule has 0 radical (unpaired) electrons. The van der Waals surface area contributed by atoms with Gasteiger partial charge in [0.05, 0.1) is 17.9 Å². The van der Waals surface area contributed by atoms with Gasteiger partial charge in [0.2, 0.25) is 10.0 Å². The van der Waals surface area contributed by atoms with E-state index in [0.29, 0.717) is 18.7 Å². The fourth-order valence-electron chi connectivity index (χ4n) is 3.52. The molecule has 0 unspecified atom stereocenters. The van der Waals surface area contributed by atoms with E-state index in [-0.39, 0.29) is 17.0 Å². The lowest BCUT2D eigenvalue weighted by Gasteiger charge is -2.31. The summed E-state index contributed by atoms with van der Waals surface area (Å²) in [6.07, 6.45) is 6.06. The van der Waals surface area contributed by atoms with E-state index in [9.17, 15) is 8.42 Å². The van der Waals surface area contributed by atoms with Gasteiger partial charge in [0, 0.05) is 44.0 Å². The molecule has 4 heterocycles. The van der Waals surface area contributed by atoms with Crippen molar-refractivity contribution in [2.24, 2.45) is 14.1 Å². The first-order valence-corrected chi connectivity index (χ1v) is 10.3. The van der Waals surface area contributed by atoms with E-state index in [1.54, 1.807) is 28.7 Å². The zero-order valence-electron chi connectivity index (χ0n) is 15.5. The Morgan fingerprint density at radius 3 is 2.85 bits per heavy atom. The number of nitrogens with one attached hydrogen (secondary N) is 1. The second-order valence-corrected chi connectivity index (χ2v) is 8.57. The second-order valence-electron chi connectivity index (χ2n) is 6.86. The van der Waals surface area contributed by atoms with Crippen molar-refractivity contribution in [2.45, 2.75) is 36.8 Å². The number of fused-ring (bicyclic) bond motifs is 1. The molecule has 144 valence electrons. The van der Waals surface area contributed by atoms with Crippen LogP contribution in [0.15, 0.2) is 29.6 Å². The van der Waals surface area contributed by atoms with Gasteiger partial charge in [-0.15, -0.1) is 0 Å². The van der Waals surface area contributed by atoms with E-state index in [2.05, 4.69) is 19.9 Å². The maximum Gasteiger partial charge on any atom is 0.242 e. The molecule has 0 aliphatic carbocycles. The van der Waals surface area contributed by atoms with Crippen molar-refractivity contribution in [3.63, 3.8) is 0 Å². The van der Waals surface area contributed by atoms with Crippen LogP contribution in [0.1, 0.15) is 30.2 Å². The van der Waals surface area contributed by atoms with Crippen LogP contribution in [0.5, 0.6) is 0 Å². The first-order chi connectivity index (χ1) is 12.8. The molecule has 27 heavy (non-hydrogen) atoms. The SMILES string of the molecule is Cc1nn(C)c2ncc(S(=O)(=O)N[C@H]3CCCO[C@@H]3c3cnn(C)c3)cc12. The summed E-state index contributed by atoms with van der Waals surface area (Å²) in [4.78, 5) is 4.40. The molecule has 1 aliphatic heterocycles. The number of pyridine rings is 1. The van der Waals surface area contributed by atoms with Crippen LogP contribution in [0.4, 0.5) is 0 Å². The minimum Gasteiger partial charge on any atom is -0.372 e. The van der Waals surface area contributed by atoms with Crippen molar-refractivity contribution in [2.75, 3.05) is 6.61 Å². The summed E-state index contributed by atoms with van der Waals surface area (Å²) in [5.41, 5.74) is 2.26. The zero-order chi connectivity index (χ0) is 19.2. The Labute approximate surface area is 157 Å². The molecule has 1 fully saturated rings. The summed E-state index contributed by atoms with van der Waals surface area (Å²) < 4.78 is 38.0. The van der Waals surface area contributed by atoms with E-state index in [4.69, 9.17) is 4.74 Å². The van der Waals surface area contributed by atoms with Crippen molar-refractivity contribution >= 4 is 21.1 Å². The lowest BCUT2D eigenvalue weighted by Crippen LogP contribution is -2.42. The zero-order valence-corrected chi connectivity index (χ0v) is 16.3. The molecular weight excluding hydrogens is 368 g/mol. The molecule has 10 heteroatoms. The Balaban J connectivity index is 1.64. The third kappa shape index (κ3) is 3.35. The molecule has 1 saturated heterocycles. The highest BCUT2D eigenvalue weighted by molar-refractivity contribution is 7.89. The highest BCUT2D eigenvalue weighted by Gasteiger charge is 2.32. The van der Waals surface area contributed by atoms with E-state index >= 15 is 0 Å². The fourth-order valence-corrected chi connectivity index (χ4v) is 4.76. The Hall–Kier alpha value is -2.30. The van der Waals surface area contributed by atoms with Crippen LogP contribution in [0.25, 0.3) is 11.0 Å². The number of hydrogen-bond acceptors (Lipinski definition) is 6. The Morgan fingerprint density at radius 2 is 2.11 bits per heavy atom. The largest absolute Gasteiger partial charge is 0.372 e. The Morgan fingerprint density at radius 1 is 1.30 bits per heavy atom.